The van der Waals surface area contributed by atoms with Crippen molar-refractivity contribution < 1.29 is 9.53 Å². The number of hydrogen-bond donors (Lipinski definition) is 2. The topological polar surface area (TPSA) is 99.3 Å². The van der Waals surface area contributed by atoms with Crippen molar-refractivity contribution in [2.45, 2.75) is 26.3 Å². The molecule has 2 N–H and O–H groups in total. The molecule has 65 heavy (non-hydrogen) atoms. The van der Waals surface area contributed by atoms with Gasteiger partial charge in [-0.1, -0.05) is 139 Å². The van der Waals surface area contributed by atoms with Gasteiger partial charge in [-0.25, -0.2) is 14.8 Å². The van der Waals surface area contributed by atoms with Crippen molar-refractivity contribution in [3.63, 3.8) is 0 Å². The van der Waals surface area contributed by atoms with Crippen LogP contribution in [-0.2, 0) is 9.53 Å². The minimum Gasteiger partial charge on any atom is -0.461 e. The second-order valence-corrected chi connectivity index (χ2v) is 16.4. The van der Waals surface area contributed by atoms with E-state index in [9.17, 15) is 4.79 Å². The van der Waals surface area contributed by atoms with Crippen LogP contribution in [-0.4, -0.2) is 38.2 Å². The minimum absolute atomic E-state index is 0.253. The molecule has 5 aromatic carbocycles. The molecule has 8 nitrogen and oxygen atoms in total. The maximum atomic E-state index is 13.6. The average molecular weight is 845 g/mol. The number of ether oxygens (including phenoxy) is 1. The molecule has 3 aromatic heterocycles. The summed E-state index contributed by atoms with van der Waals surface area (Å²) >= 11 is 0. The first kappa shape index (κ1) is 39.5. The number of hydrogen-bond acceptors (Lipinski definition) is 6. The number of carbonyl (C=O) groups is 1. The Morgan fingerprint density at radius 3 is 1.49 bits per heavy atom. The zero-order valence-electron chi connectivity index (χ0n) is 36.0. The van der Waals surface area contributed by atoms with Gasteiger partial charge in [0.05, 0.1) is 46.6 Å². The number of nitrogens with one attached hydrogen (secondary N) is 2. The third-order valence-corrected chi connectivity index (χ3v) is 12.2. The summed E-state index contributed by atoms with van der Waals surface area (Å²) in [5.74, 6) is -0.420. The first-order chi connectivity index (χ1) is 32.0. The van der Waals surface area contributed by atoms with E-state index in [0.29, 0.717) is 12.1 Å². The first-order valence-electron chi connectivity index (χ1n) is 22.0. The summed E-state index contributed by atoms with van der Waals surface area (Å²) in [5, 5.41) is 7.00. The van der Waals surface area contributed by atoms with Gasteiger partial charge in [0.1, 0.15) is 5.71 Å². The lowest BCUT2D eigenvalue weighted by Crippen LogP contribution is -2.19. The van der Waals surface area contributed by atoms with Gasteiger partial charge in [0.15, 0.2) is 0 Å². The van der Waals surface area contributed by atoms with Crippen molar-refractivity contribution in [3.05, 3.63) is 198 Å². The van der Waals surface area contributed by atoms with Crippen molar-refractivity contribution in [3.8, 4) is 44.5 Å². The third-order valence-electron chi connectivity index (χ3n) is 12.2. The predicted octanol–water partition coefficient (Wildman–Crippen LogP) is 13.5. The van der Waals surface area contributed by atoms with E-state index in [1.165, 1.54) is 0 Å². The first-order valence-corrected chi connectivity index (χ1v) is 22.0. The molecular weight excluding hydrogens is 801 g/mol. The van der Waals surface area contributed by atoms with Gasteiger partial charge in [-0.05, 0) is 90.7 Å². The minimum atomic E-state index is -0.420. The Hall–Kier alpha value is -8.36. The number of carbonyl (C=O) groups excluding carboxylic acids is 1. The lowest BCUT2D eigenvalue weighted by molar-refractivity contribution is -0.135. The maximum absolute atomic E-state index is 13.6. The summed E-state index contributed by atoms with van der Waals surface area (Å²) in [6, 6.07) is 56.1. The van der Waals surface area contributed by atoms with Crippen molar-refractivity contribution in [2.24, 2.45) is 5.10 Å². The van der Waals surface area contributed by atoms with Crippen LogP contribution >= 0.6 is 0 Å². The van der Waals surface area contributed by atoms with Crippen molar-refractivity contribution in [1.29, 1.82) is 0 Å². The Morgan fingerprint density at radius 1 is 0.569 bits per heavy atom. The number of anilines is 1. The second-order valence-electron chi connectivity index (χ2n) is 16.4. The van der Waals surface area contributed by atoms with Crippen LogP contribution in [0.5, 0.6) is 0 Å². The summed E-state index contributed by atoms with van der Waals surface area (Å²) in [6.07, 6.45) is 8.80. The number of H-pyrrole nitrogens is 2. The van der Waals surface area contributed by atoms with Crippen molar-refractivity contribution >= 4 is 63.7 Å². The highest BCUT2D eigenvalue weighted by atomic mass is 16.5. The highest BCUT2D eigenvalue weighted by Crippen LogP contribution is 2.44. The van der Waals surface area contributed by atoms with Crippen LogP contribution in [0.25, 0.3) is 90.9 Å². The Balaban J connectivity index is 1.32. The molecule has 0 aliphatic carbocycles. The molecule has 1 atom stereocenters. The quantitative estimate of drug-likeness (QED) is 0.148. The molecule has 8 aromatic rings. The number of nitrogens with zero attached hydrogens (tertiary/aromatic N) is 4. The van der Waals surface area contributed by atoms with Crippen LogP contribution < -0.4 is 5.01 Å². The number of esters is 1. The molecule has 8 bridgehead atoms. The van der Waals surface area contributed by atoms with Gasteiger partial charge in [0.25, 0.3) is 0 Å². The van der Waals surface area contributed by atoms with Gasteiger partial charge in [-0.3, -0.25) is 5.01 Å². The van der Waals surface area contributed by atoms with E-state index in [-0.39, 0.29) is 6.61 Å². The van der Waals surface area contributed by atoms with E-state index < -0.39 is 12.0 Å². The largest absolute Gasteiger partial charge is 0.461 e. The standard InChI is InChI=1S/C57H44N6O2/c1-3-65-57(64)50-35-51(63(62-50)41-26-24-36(2)25-27-41)42-34-49-54(39-20-12-6-13-21-39)47-31-30-45(59-47)52(37-16-8-4-9-17-37)43-28-29-44(58-43)53(38-18-10-5-11-19-38)46-32-33-48(60-46)55(56(42)61-49)40-22-14-7-15-23-40/h4-34,51,58,61H,3,35H2,1-2H3. The lowest BCUT2D eigenvalue weighted by atomic mass is 9.96. The molecule has 11 rings (SSSR count). The number of aromatic nitrogens is 4. The molecule has 314 valence electrons. The van der Waals surface area contributed by atoms with Gasteiger partial charge in [-0.15, -0.1) is 0 Å². The van der Waals surface area contributed by atoms with Crippen LogP contribution in [0, 0.1) is 6.92 Å². The normalized spacial score (nSPS) is 14.2. The number of rotatable bonds is 8. The van der Waals surface area contributed by atoms with Gasteiger partial charge in [-0.2, -0.15) is 5.10 Å². The van der Waals surface area contributed by atoms with Crippen LogP contribution in [0.15, 0.2) is 169 Å². The van der Waals surface area contributed by atoms with E-state index in [0.717, 1.165) is 106 Å². The van der Waals surface area contributed by atoms with Gasteiger partial charge < -0.3 is 14.7 Å². The Kier molecular flexibility index (Phi) is 10.2. The van der Waals surface area contributed by atoms with Gasteiger partial charge in [0.2, 0.25) is 0 Å². The van der Waals surface area contributed by atoms with Gasteiger partial charge >= 0.3 is 5.97 Å². The van der Waals surface area contributed by atoms with Crippen LogP contribution in [0.3, 0.4) is 0 Å². The molecule has 0 spiro atoms. The lowest BCUT2D eigenvalue weighted by Gasteiger charge is -2.24. The third kappa shape index (κ3) is 7.34. The molecular formula is C57H44N6O2. The molecule has 0 saturated carbocycles. The fraction of sp³-hybridized carbons (Fsp3) is 0.0877. The summed E-state index contributed by atoms with van der Waals surface area (Å²) < 4.78 is 5.59. The number of aryl methyl sites for hydroxylation is 1. The summed E-state index contributed by atoms with van der Waals surface area (Å²) in [5.41, 5.74) is 18.1. The monoisotopic (exact) mass is 844 g/mol. The fourth-order valence-electron chi connectivity index (χ4n) is 9.23. The molecule has 0 radical (unpaired) electrons. The number of hydrazone groups is 1. The molecule has 1 unspecified atom stereocenters. The average Bonchev–Trinajstić information content (AvgIpc) is 4.22. The Morgan fingerprint density at radius 2 is 1.02 bits per heavy atom. The Bertz CT molecular complexity index is 3370. The van der Waals surface area contributed by atoms with Crippen LogP contribution in [0.1, 0.15) is 53.3 Å². The number of aromatic amines is 2. The van der Waals surface area contributed by atoms with Gasteiger partial charge in [0, 0.05) is 50.8 Å². The highest BCUT2D eigenvalue weighted by molar-refractivity contribution is 6.37. The highest BCUT2D eigenvalue weighted by Gasteiger charge is 2.36. The molecule has 0 fully saturated rings. The van der Waals surface area contributed by atoms with Crippen molar-refractivity contribution in [2.75, 3.05) is 11.6 Å². The number of benzene rings is 5. The van der Waals surface area contributed by atoms with E-state index >= 15 is 0 Å². The van der Waals surface area contributed by atoms with E-state index in [1.54, 1.807) is 0 Å². The fourth-order valence-corrected chi connectivity index (χ4v) is 9.23. The van der Waals surface area contributed by atoms with E-state index in [2.05, 4.69) is 181 Å². The molecule has 6 heterocycles. The van der Waals surface area contributed by atoms with Crippen LogP contribution in [0.4, 0.5) is 5.69 Å². The molecule has 3 aliphatic heterocycles. The Labute approximate surface area is 377 Å². The van der Waals surface area contributed by atoms with E-state index in [1.807, 2.05) is 36.2 Å². The maximum Gasteiger partial charge on any atom is 0.354 e. The summed E-state index contributed by atoms with van der Waals surface area (Å²) in [6.45, 7) is 4.14. The molecule has 3 aliphatic rings. The summed E-state index contributed by atoms with van der Waals surface area (Å²) in [4.78, 5) is 32.5. The van der Waals surface area contributed by atoms with Crippen molar-refractivity contribution in [1.82, 2.24) is 19.9 Å². The zero-order valence-corrected chi connectivity index (χ0v) is 36.0. The molecule has 0 amide bonds. The zero-order chi connectivity index (χ0) is 43.9. The SMILES string of the molecule is CCOC(=O)C1=NN(c2ccc(C)cc2)C(c2cc3[nH]c2c(-c2ccccc2)c2nc(c(-c4ccccc4)c4ccc([nH]4)c(-c4ccccc4)c4nc(c3-c3ccccc3)C=C4)C=C2)C1. The molecule has 0 saturated heterocycles. The second kappa shape index (κ2) is 16.7. The number of fused-ring (bicyclic) bond motifs is 8. The summed E-state index contributed by atoms with van der Waals surface area (Å²) in [7, 11) is 0. The molecule has 8 heteroatoms. The predicted molar refractivity (Wildman–Crippen MR) is 266 cm³/mol. The smallest absolute Gasteiger partial charge is 0.354 e. The van der Waals surface area contributed by atoms with Crippen LogP contribution in [0.2, 0.25) is 0 Å². The van der Waals surface area contributed by atoms with E-state index in [4.69, 9.17) is 19.8 Å².